The Hall–Kier alpha value is -1.47. The third-order valence-electron chi connectivity index (χ3n) is 3.95. The van der Waals surface area contributed by atoms with Crippen molar-refractivity contribution in [3.8, 4) is 0 Å². The van der Waals surface area contributed by atoms with Gasteiger partial charge in [0.1, 0.15) is 0 Å². The maximum atomic E-state index is 12.5. The Morgan fingerprint density at radius 3 is 2.95 bits per heavy atom. The largest absolute Gasteiger partial charge is 0.334 e. The number of hydrogen-bond acceptors (Lipinski definition) is 5. The minimum Gasteiger partial charge on any atom is -0.334 e. The summed E-state index contributed by atoms with van der Waals surface area (Å²) in [6.45, 7) is 3.27. The second-order valence-corrected chi connectivity index (χ2v) is 6.01. The Balaban J connectivity index is 2.12. The average molecular weight is 297 g/mol. The van der Waals surface area contributed by atoms with Crippen LogP contribution in [-0.2, 0) is 0 Å². The first-order valence-corrected chi connectivity index (χ1v) is 7.68. The zero-order valence-corrected chi connectivity index (χ0v) is 12.3. The molecule has 1 aromatic rings. The fraction of sp³-hybridized carbons (Fsp3) is 0.615. The van der Waals surface area contributed by atoms with Crippen molar-refractivity contribution in [3.63, 3.8) is 0 Å². The molecular weight excluding hydrogens is 278 g/mol. The molecule has 1 aromatic heterocycles. The molecule has 0 aromatic carbocycles. The smallest absolute Gasteiger partial charge is 0.324 e. The van der Waals surface area contributed by atoms with Gasteiger partial charge in [-0.25, -0.2) is 0 Å². The fourth-order valence-electron chi connectivity index (χ4n) is 2.69. The molecule has 2 atom stereocenters. The Labute approximate surface area is 121 Å². The van der Waals surface area contributed by atoms with Gasteiger partial charge in [0.25, 0.3) is 5.91 Å². The van der Waals surface area contributed by atoms with Gasteiger partial charge in [-0.15, -0.1) is 0 Å². The number of nitrogens with two attached hydrogens (primary N) is 1. The molecule has 2 unspecified atom stereocenters. The lowest BCUT2D eigenvalue weighted by atomic mass is 9.88. The quantitative estimate of drug-likeness (QED) is 0.681. The number of nitro groups is 1. The first kappa shape index (κ1) is 14.9. The molecule has 110 valence electrons. The lowest BCUT2D eigenvalue weighted by Crippen LogP contribution is -2.49. The van der Waals surface area contributed by atoms with Crippen molar-refractivity contribution in [1.82, 2.24) is 4.90 Å². The third-order valence-corrected chi connectivity index (χ3v) is 4.83. The number of nitrogens with zero attached hydrogens (tertiary/aromatic N) is 2. The van der Waals surface area contributed by atoms with Crippen LogP contribution < -0.4 is 5.73 Å². The van der Waals surface area contributed by atoms with Crippen LogP contribution in [0, 0.1) is 16.0 Å². The molecule has 0 aliphatic carbocycles. The maximum absolute atomic E-state index is 12.5. The van der Waals surface area contributed by atoms with Crippen molar-refractivity contribution in [2.45, 2.75) is 32.2 Å². The molecule has 1 aliphatic rings. The number of likely N-dealkylation sites (tertiary alicyclic amines) is 1. The summed E-state index contributed by atoms with van der Waals surface area (Å²) >= 11 is 0.986. The number of thiophene rings is 1. The van der Waals surface area contributed by atoms with Gasteiger partial charge in [0, 0.05) is 30.6 Å². The van der Waals surface area contributed by atoms with E-state index < -0.39 is 4.92 Å². The summed E-state index contributed by atoms with van der Waals surface area (Å²) in [5, 5.41) is 12.2. The molecule has 2 N–H and O–H groups in total. The molecule has 20 heavy (non-hydrogen) atoms. The molecule has 2 rings (SSSR count). The predicted molar refractivity (Wildman–Crippen MR) is 77.9 cm³/mol. The average Bonchev–Trinajstić information content (AvgIpc) is 2.95. The lowest BCUT2D eigenvalue weighted by molar-refractivity contribution is -0.380. The Kier molecular flexibility index (Phi) is 4.72. The number of amides is 1. The minimum atomic E-state index is -0.467. The monoisotopic (exact) mass is 297 g/mol. The summed E-state index contributed by atoms with van der Waals surface area (Å²) in [6, 6.07) is 1.40. The second kappa shape index (κ2) is 6.32. The number of piperidine rings is 1. The molecule has 1 aliphatic heterocycles. The van der Waals surface area contributed by atoms with Crippen molar-refractivity contribution in [3.05, 3.63) is 27.1 Å². The summed E-state index contributed by atoms with van der Waals surface area (Å²) in [5.41, 5.74) is 6.18. The molecule has 0 spiro atoms. The van der Waals surface area contributed by atoms with Gasteiger partial charge < -0.3 is 10.6 Å². The third kappa shape index (κ3) is 2.99. The van der Waals surface area contributed by atoms with Gasteiger partial charge in [0.05, 0.1) is 10.5 Å². The number of hydrogen-bond donors (Lipinski definition) is 1. The highest BCUT2D eigenvalue weighted by molar-refractivity contribution is 7.13. The molecule has 2 heterocycles. The van der Waals surface area contributed by atoms with Crippen LogP contribution in [0.15, 0.2) is 11.4 Å². The van der Waals surface area contributed by atoms with Gasteiger partial charge in [-0.05, 0) is 18.8 Å². The van der Waals surface area contributed by atoms with Gasteiger partial charge in [-0.2, -0.15) is 0 Å². The number of rotatable bonds is 4. The first-order chi connectivity index (χ1) is 9.56. The van der Waals surface area contributed by atoms with E-state index in [1.807, 2.05) is 0 Å². The van der Waals surface area contributed by atoms with E-state index >= 15 is 0 Å². The second-order valence-electron chi connectivity index (χ2n) is 5.12. The fourth-order valence-corrected chi connectivity index (χ4v) is 3.39. The number of carbonyl (C=O) groups is 1. The van der Waals surface area contributed by atoms with Crippen molar-refractivity contribution in [1.29, 1.82) is 0 Å². The van der Waals surface area contributed by atoms with E-state index in [0.717, 1.165) is 30.6 Å². The standard InChI is InChI=1S/C13H19N3O3S/c1-2-9-3-4-15(11(5-9)7-14)13(17)10-6-12(16(18)19)20-8-10/h6,8-9,11H,2-5,7,14H2,1H3. The van der Waals surface area contributed by atoms with E-state index in [9.17, 15) is 14.9 Å². The normalized spacial score (nSPS) is 22.8. The van der Waals surface area contributed by atoms with Crippen LogP contribution in [-0.4, -0.2) is 34.9 Å². The zero-order valence-electron chi connectivity index (χ0n) is 11.4. The molecule has 1 amide bonds. The Bertz CT molecular complexity index is 503. The predicted octanol–water partition coefficient (Wildman–Crippen LogP) is 2.25. The molecule has 0 bridgehead atoms. The first-order valence-electron chi connectivity index (χ1n) is 6.80. The number of carbonyl (C=O) groups excluding carboxylic acids is 1. The van der Waals surface area contributed by atoms with Crippen molar-refractivity contribution >= 4 is 22.2 Å². The van der Waals surface area contributed by atoms with E-state index in [2.05, 4.69) is 6.92 Å². The zero-order chi connectivity index (χ0) is 14.7. The van der Waals surface area contributed by atoms with Gasteiger partial charge in [0.15, 0.2) is 0 Å². The molecule has 0 radical (unpaired) electrons. The summed E-state index contributed by atoms with van der Waals surface area (Å²) in [5.74, 6) is 0.476. The highest BCUT2D eigenvalue weighted by Crippen LogP contribution is 2.29. The van der Waals surface area contributed by atoms with Crippen LogP contribution in [0.5, 0.6) is 0 Å². The molecule has 0 saturated carbocycles. The van der Waals surface area contributed by atoms with Crippen LogP contribution >= 0.6 is 11.3 Å². The van der Waals surface area contributed by atoms with Crippen LogP contribution in [0.4, 0.5) is 5.00 Å². The summed E-state index contributed by atoms with van der Waals surface area (Å²) in [7, 11) is 0. The summed E-state index contributed by atoms with van der Waals surface area (Å²) in [6.07, 6.45) is 3.00. The summed E-state index contributed by atoms with van der Waals surface area (Å²) < 4.78 is 0. The Morgan fingerprint density at radius 2 is 2.40 bits per heavy atom. The van der Waals surface area contributed by atoms with Crippen LogP contribution in [0.2, 0.25) is 0 Å². The maximum Gasteiger partial charge on any atom is 0.324 e. The Morgan fingerprint density at radius 1 is 1.65 bits per heavy atom. The van der Waals surface area contributed by atoms with Gasteiger partial charge in [-0.3, -0.25) is 14.9 Å². The van der Waals surface area contributed by atoms with E-state index in [4.69, 9.17) is 5.73 Å². The van der Waals surface area contributed by atoms with E-state index in [-0.39, 0.29) is 17.0 Å². The topological polar surface area (TPSA) is 89.5 Å². The van der Waals surface area contributed by atoms with Crippen LogP contribution in [0.3, 0.4) is 0 Å². The van der Waals surface area contributed by atoms with E-state index in [0.29, 0.717) is 24.6 Å². The van der Waals surface area contributed by atoms with Crippen LogP contribution in [0.25, 0.3) is 0 Å². The SMILES string of the molecule is CCC1CCN(C(=O)c2csc([N+](=O)[O-])c2)C(CN)C1. The molecule has 7 heteroatoms. The van der Waals surface area contributed by atoms with Crippen molar-refractivity contribution in [2.75, 3.05) is 13.1 Å². The van der Waals surface area contributed by atoms with Gasteiger partial charge in [0.2, 0.25) is 0 Å². The molecular formula is C13H19N3O3S. The molecule has 1 fully saturated rings. The van der Waals surface area contributed by atoms with Crippen LogP contribution in [0.1, 0.15) is 36.5 Å². The van der Waals surface area contributed by atoms with Gasteiger partial charge in [-0.1, -0.05) is 24.7 Å². The van der Waals surface area contributed by atoms with Crippen molar-refractivity contribution in [2.24, 2.45) is 11.7 Å². The minimum absolute atomic E-state index is 0.00101. The lowest BCUT2D eigenvalue weighted by Gasteiger charge is -2.38. The highest BCUT2D eigenvalue weighted by atomic mass is 32.1. The molecule has 6 nitrogen and oxygen atoms in total. The van der Waals surface area contributed by atoms with E-state index in [1.54, 1.807) is 10.3 Å². The highest BCUT2D eigenvalue weighted by Gasteiger charge is 2.31. The van der Waals surface area contributed by atoms with Crippen molar-refractivity contribution < 1.29 is 9.72 Å². The van der Waals surface area contributed by atoms with Gasteiger partial charge >= 0.3 is 5.00 Å². The summed E-state index contributed by atoms with van der Waals surface area (Å²) in [4.78, 5) is 24.4. The molecule has 1 saturated heterocycles. The van der Waals surface area contributed by atoms with E-state index in [1.165, 1.54) is 6.07 Å².